The molecule has 0 bridgehead atoms. The average molecular weight is 324 g/mol. The van der Waals surface area contributed by atoms with Gasteiger partial charge < -0.3 is 15.4 Å². The van der Waals surface area contributed by atoms with Crippen LogP contribution in [0.15, 0.2) is 4.99 Å². The molecular formula is C17H32N4O2. The summed E-state index contributed by atoms with van der Waals surface area (Å²) in [5.74, 6) is 0.742. The molecule has 0 aromatic carbocycles. The molecule has 23 heavy (non-hydrogen) atoms. The van der Waals surface area contributed by atoms with Crippen molar-refractivity contribution < 1.29 is 9.53 Å². The number of likely N-dealkylation sites (tertiary alicyclic amines) is 1. The number of hydrogen-bond acceptors (Lipinski definition) is 4. The molecule has 1 atom stereocenters. The van der Waals surface area contributed by atoms with Crippen molar-refractivity contribution in [1.29, 1.82) is 0 Å². The van der Waals surface area contributed by atoms with E-state index in [1.54, 1.807) is 0 Å². The van der Waals surface area contributed by atoms with Gasteiger partial charge in [-0.05, 0) is 32.1 Å². The van der Waals surface area contributed by atoms with Crippen LogP contribution in [0, 0.1) is 0 Å². The standard InChI is InChI=1S/C17H32N4O2/c1-18-17(19-11-6-5-9-16(22)23-2)20-14-10-12-21(13-14)15-7-3-4-8-15/h14-15H,3-13H2,1-2H3,(H2,18,19,20). The van der Waals surface area contributed by atoms with Crippen LogP contribution < -0.4 is 10.6 Å². The summed E-state index contributed by atoms with van der Waals surface area (Å²) >= 11 is 0. The molecule has 0 radical (unpaired) electrons. The van der Waals surface area contributed by atoms with E-state index in [0.29, 0.717) is 12.5 Å². The van der Waals surface area contributed by atoms with Gasteiger partial charge in [-0.1, -0.05) is 12.8 Å². The van der Waals surface area contributed by atoms with Crippen LogP contribution in [0.2, 0.25) is 0 Å². The lowest BCUT2D eigenvalue weighted by atomic mass is 10.2. The number of nitrogens with zero attached hydrogens (tertiary/aromatic N) is 2. The Balaban J connectivity index is 1.60. The highest BCUT2D eigenvalue weighted by atomic mass is 16.5. The molecule has 0 aromatic heterocycles. The minimum absolute atomic E-state index is 0.134. The van der Waals surface area contributed by atoms with Crippen molar-refractivity contribution in [3.63, 3.8) is 0 Å². The second-order valence-electron chi connectivity index (χ2n) is 6.60. The lowest BCUT2D eigenvalue weighted by Crippen LogP contribution is -2.45. The molecule has 1 saturated carbocycles. The largest absolute Gasteiger partial charge is 0.469 e. The molecule has 132 valence electrons. The number of rotatable bonds is 7. The Morgan fingerprint density at radius 3 is 2.74 bits per heavy atom. The summed E-state index contributed by atoms with van der Waals surface area (Å²) in [7, 11) is 3.25. The molecule has 2 fully saturated rings. The van der Waals surface area contributed by atoms with Crippen molar-refractivity contribution >= 4 is 11.9 Å². The third-order valence-electron chi connectivity index (χ3n) is 4.95. The maximum Gasteiger partial charge on any atom is 0.305 e. The second kappa shape index (κ2) is 9.75. The Morgan fingerprint density at radius 2 is 2.04 bits per heavy atom. The van der Waals surface area contributed by atoms with Gasteiger partial charge in [0.25, 0.3) is 0 Å². The zero-order valence-electron chi connectivity index (χ0n) is 14.6. The predicted molar refractivity (Wildman–Crippen MR) is 92.6 cm³/mol. The van der Waals surface area contributed by atoms with Gasteiger partial charge in [0.2, 0.25) is 0 Å². The fraction of sp³-hybridized carbons (Fsp3) is 0.882. The van der Waals surface area contributed by atoms with Gasteiger partial charge in [0.05, 0.1) is 7.11 Å². The van der Waals surface area contributed by atoms with Gasteiger partial charge in [-0.15, -0.1) is 0 Å². The summed E-state index contributed by atoms with van der Waals surface area (Å²) in [5.41, 5.74) is 0. The lowest BCUT2D eigenvalue weighted by Gasteiger charge is -2.24. The molecule has 6 heteroatoms. The van der Waals surface area contributed by atoms with Crippen LogP contribution >= 0.6 is 0 Å². The molecule has 0 spiro atoms. The van der Waals surface area contributed by atoms with Crippen molar-refractivity contribution in [3.05, 3.63) is 0 Å². The van der Waals surface area contributed by atoms with E-state index < -0.39 is 0 Å². The molecule has 1 aliphatic carbocycles. The lowest BCUT2D eigenvalue weighted by molar-refractivity contribution is -0.140. The van der Waals surface area contributed by atoms with Gasteiger partial charge in [-0.3, -0.25) is 14.7 Å². The van der Waals surface area contributed by atoms with E-state index in [0.717, 1.165) is 37.9 Å². The fourth-order valence-corrected chi connectivity index (χ4v) is 3.60. The van der Waals surface area contributed by atoms with Gasteiger partial charge in [0, 0.05) is 45.2 Å². The third-order valence-corrected chi connectivity index (χ3v) is 4.95. The normalized spacial score (nSPS) is 23.2. The molecule has 6 nitrogen and oxygen atoms in total. The van der Waals surface area contributed by atoms with Crippen LogP contribution in [0.3, 0.4) is 0 Å². The first kappa shape index (κ1) is 18.0. The van der Waals surface area contributed by atoms with Crippen LogP contribution in [-0.2, 0) is 9.53 Å². The minimum atomic E-state index is -0.134. The molecule has 0 amide bonds. The van der Waals surface area contributed by atoms with Crippen molar-refractivity contribution in [2.45, 2.75) is 63.5 Å². The first-order chi connectivity index (χ1) is 11.2. The zero-order valence-corrected chi connectivity index (χ0v) is 14.6. The Bertz CT molecular complexity index is 394. The number of nitrogens with one attached hydrogen (secondary N) is 2. The fourth-order valence-electron chi connectivity index (χ4n) is 3.60. The Kier molecular flexibility index (Phi) is 7.65. The molecule has 1 saturated heterocycles. The Labute approximate surface area is 140 Å². The number of esters is 1. The van der Waals surface area contributed by atoms with Gasteiger partial charge in [0.15, 0.2) is 5.96 Å². The van der Waals surface area contributed by atoms with Gasteiger partial charge in [0.1, 0.15) is 0 Å². The van der Waals surface area contributed by atoms with Crippen molar-refractivity contribution in [2.24, 2.45) is 4.99 Å². The highest BCUT2D eigenvalue weighted by Crippen LogP contribution is 2.26. The number of methoxy groups -OCH3 is 1. The first-order valence-electron chi connectivity index (χ1n) is 9.01. The van der Waals surface area contributed by atoms with Crippen molar-refractivity contribution in [3.8, 4) is 0 Å². The minimum Gasteiger partial charge on any atom is -0.469 e. The smallest absolute Gasteiger partial charge is 0.305 e. The molecule has 0 aromatic rings. The molecule has 2 rings (SSSR count). The molecule has 1 unspecified atom stereocenters. The molecule has 1 aliphatic heterocycles. The summed E-state index contributed by atoms with van der Waals surface area (Å²) in [6.07, 6.45) is 9.01. The maximum atomic E-state index is 11.1. The Morgan fingerprint density at radius 1 is 1.26 bits per heavy atom. The van der Waals surface area contributed by atoms with Crippen LogP contribution in [0.4, 0.5) is 0 Å². The summed E-state index contributed by atoms with van der Waals surface area (Å²) < 4.78 is 4.64. The third kappa shape index (κ3) is 6.01. The molecule has 2 N–H and O–H groups in total. The summed E-state index contributed by atoms with van der Waals surface area (Å²) in [6.45, 7) is 3.17. The van der Waals surface area contributed by atoms with Crippen LogP contribution in [0.25, 0.3) is 0 Å². The quantitative estimate of drug-likeness (QED) is 0.322. The van der Waals surface area contributed by atoms with Crippen LogP contribution in [0.1, 0.15) is 51.4 Å². The van der Waals surface area contributed by atoms with E-state index in [4.69, 9.17) is 0 Å². The summed E-state index contributed by atoms with van der Waals surface area (Å²) in [4.78, 5) is 18.0. The van der Waals surface area contributed by atoms with Crippen LogP contribution in [0.5, 0.6) is 0 Å². The number of unbranched alkanes of at least 4 members (excludes halogenated alkanes) is 1. The second-order valence-corrected chi connectivity index (χ2v) is 6.60. The number of guanidine groups is 1. The average Bonchev–Trinajstić information content (AvgIpc) is 3.24. The van der Waals surface area contributed by atoms with E-state index in [1.807, 2.05) is 7.05 Å². The molecule has 1 heterocycles. The monoisotopic (exact) mass is 324 g/mol. The number of aliphatic imine (C=N–C) groups is 1. The highest BCUT2D eigenvalue weighted by Gasteiger charge is 2.30. The van der Waals surface area contributed by atoms with Gasteiger partial charge in [-0.2, -0.15) is 0 Å². The topological polar surface area (TPSA) is 66.0 Å². The molecular weight excluding hydrogens is 292 g/mol. The summed E-state index contributed by atoms with van der Waals surface area (Å²) in [6, 6.07) is 1.31. The van der Waals surface area contributed by atoms with Gasteiger partial charge in [-0.25, -0.2) is 0 Å². The Hall–Kier alpha value is -1.30. The number of ether oxygens (including phenoxy) is 1. The zero-order chi connectivity index (χ0) is 16.5. The number of carbonyl (C=O) groups excluding carboxylic acids is 1. The number of carbonyl (C=O) groups is 1. The van der Waals surface area contributed by atoms with Crippen LogP contribution in [-0.4, -0.2) is 62.7 Å². The molecule has 2 aliphatic rings. The van der Waals surface area contributed by atoms with E-state index in [-0.39, 0.29) is 5.97 Å². The highest BCUT2D eigenvalue weighted by molar-refractivity contribution is 5.80. The van der Waals surface area contributed by atoms with E-state index in [9.17, 15) is 4.79 Å². The first-order valence-corrected chi connectivity index (χ1v) is 9.01. The van der Waals surface area contributed by atoms with Gasteiger partial charge >= 0.3 is 5.97 Å². The van der Waals surface area contributed by atoms with E-state index in [2.05, 4.69) is 25.3 Å². The maximum absolute atomic E-state index is 11.1. The predicted octanol–water partition coefficient (Wildman–Crippen LogP) is 1.51. The van der Waals surface area contributed by atoms with Crippen molar-refractivity contribution in [2.75, 3.05) is 33.8 Å². The van der Waals surface area contributed by atoms with E-state index in [1.165, 1.54) is 45.8 Å². The SMILES string of the molecule is CN=C(NCCCCC(=O)OC)NC1CCN(C2CCCC2)C1. The van der Waals surface area contributed by atoms with Crippen molar-refractivity contribution in [1.82, 2.24) is 15.5 Å². The summed E-state index contributed by atoms with van der Waals surface area (Å²) in [5, 5.41) is 6.88. The van der Waals surface area contributed by atoms with E-state index >= 15 is 0 Å². The number of hydrogen-bond donors (Lipinski definition) is 2.